The zero-order valence-electron chi connectivity index (χ0n) is 11.7. The van der Waals surface area contributed by atoms with Crippen LogP contribution in [0.25, 0.3) is 0 Å². The highest BCUT2D eigenvalue weighted by molar-refractivity contribution is 5.48. The van der Waals surface area contributed by atoms with Crippen LogP contribution in [0.1, 0.15) is 11.1 Å². The summed E-state index contributed by atoms with van der Waals surface area (Å²) in [5, 5.41) is 20.4. The first-order valence-corrected chi connectivity index (χ1v) is 6.24. The molecule has 0 unspecified atom stereocenters. The zero-order chi connectivity index (χ0) is 15.4. The number of aryl methyl sites for hydroxylation is 1. The zero-order valence-corrected chi connectivity index (χ0v) is 11.7. The molecule has 0 spiro atoms. The minimum Gasteiger partial charge on any atom is -0.508 e. The van der Waals surface area contributed by atoms with E-state index in [9.17, 15) is 15.2 Å². The number of methoxy groups -OCH3 is 1. The fourth-order valence-corrected chi connectivity index (χ4v) is 1.95. The number of ether oxygens (including phenoxy) is 2. The van der Waals surface area contributed by atoms with Crippen LogP contribution in [0.5, 0.6) is 17.2 Å². The molecule has 0 fully saturated rings. The fraction of sp³-hybridized carbons (Fsp3) is 0.200. The summed E-state index contributed by atoms with van der Waals surface area (Å²) in [4.78, 5) is 10.4. The molecule has 0 aromatic heterocycles. The van der Waals surface area contributed by atoms with E-state index in [0.29, 0.717) is 11.3 Å². The summed E-state index contributed by atoms with van der Waals surface area (Å²) in [5.74, 6) is 0.827. The van der Waals surface area contributed by atoms with Gasteiger partial charge in [-0.2, -0.15) is 0 Å². The molecule has 0 radical (unpaired) electrons. The Morgan fingerprint density at radius 1 is 1.24 bits per heavy atom. The van der Waals surface area contributed by atoms with Crippen LogP contribution in [0.4, 0.5) is 5.69 Å². The molecular weight excluding hydrogens is 274 g/mol. The lowest BCUT2D eigenvalue weighted by Gasteiger charge is -2.09. The van der Waals surface area contributed by atoms with Gasteiger partial charge in [0.2, 0.25) is 0 Å². The van der Waals surface area contributed by atoms with Gasteiger partial charge < -0.3 is 14.6 Å². The van der Waals surface area contributed by atoms with Crippen molar-refractivity contribution in [1.29, 1.82) is 0 Å². The van der Waals surface area contributed by atoms with Crippen LogP contribution in [0.3, 0.4) is 0 Å². The molecule has 2 aromatic rings. The van der Waals surface area contributed by atoms with Crippen LogP contribution < -0.4 is 9.47 Å². The summed E-state index contributed by atoms with van der Waals surface area (Å²) < 4.78 is 10.5. The van der Waals surface area contributed by atoms with Gasteiger partial charge in [0, 0.05) is 12.1 Å². The van der Waals surface area contributed by atoms with Crippen LogP contribution in [0.15, 0.2) is 36.4 Å². The van der Waals surface area contributed by atoms with E-state index in [0.717, 1.165) is 5.56 Å². The van der Waals surface area contributed by atoms with E-state index < -0.39 is 4.92 Å². The molecule has 0 aliphatic rings. The van der Waals surface area contributed by atoms with E-state index in [1.54, 1.807) is 18.2 Å². The third kappa shape index (κ3) is 3.62. The number of rotatable bonds is 5. The third-order valence-corrected chi connectivity index (χ3v) is 2.88. The van der Waals surface area contributed by atoms with Crippen LogP contribution >= 0.6 is 0 Å². The molecule has 0 atom stereocenters. The maximum Gasteiger partial charge on any atom is 0.311 e. The van der Waals surface area contributed by atoms with E-state index >= 15 is 0 Å². The summed E-state index contributed by atoms with van der Waals surface area (Å²) in [6.45, 7) is 2.00. The van der Waals surface area contributed by atoms with Crippen molar-refractivity contribution >= 4 is 5.69 Å². The van der Waals surface area contributed by atoms with Crippen molar-refractivity contribution in [1.82, 2.24) is 0 Å². The lowest BCUT2D eigenvalue weighted by molar-refractivity contribution is -0.385. The lowest BCUT2D eigenvalue weighted by atomic mass is 10.2. The molecule has 0 aliphatic carbocycles. The number of nitrogens with zero attached hydrogens (tertiary/aromatic N) is 1. The van der Waals surface area contributed by atoms with Crippen molar-refractivity contribution in [3.05, 3.63) is 57.6 Å². The Morgan fingerprint density at radius 3 is 2.62 bits per heavy atom. The second-order valence-corrected chi connectivity index (χ2v) is 4.56. The van der Waals surface area contributed by atoms with Crippen molar-refractivity contribution in [3.8, 4) is 17.2 Å². The van der Waals surface area contributed by atoms with Gasteiger partial charge in [-0.05, 0) is 36.2 Å². The number of nitro benzene ring substituents is 1. The third-order valence-electron chi connectivity index (χ3n) is 2.88. The Morgan fingerprint density at radius 2 is 2.00 bits per heavy atom. The number of phenols is 1. The first-order chi connectivity index (χ1) is 9.99. The molecule has 0 amide bonds. The quantitative estimate of drug-likeness (QED) is 0.675. The Labute approximate surface area is 121 Å². The molecular formula is C15H15NO5. The molecule has 1 N–H and O–H groups in total. The largest absolute Gasteiger partial charge is 0.508 e. The highest BCUT2D eigenvalue weighted by Crippen LogP contribution is 2.28. The second kappa shape index (κ2) is 6.13. The number of phenolic OH excluding ortho intramolecular Hbond substituents is 1. The number of hydrogen-bond acceptors (Lipinski definition) is 5. The van der Waals surface area contributed by atoms with Crippen LogP contribution in [-0.2, 0) is 6.61 Å². The SMILES string of the molecule is COc1ccc(COc2cc(C)cc(O)c2)cc1[N+](=O)[O-]. The van der Waals surface area contributed by atoms with E-state index in [4.69, 9.17) is 9.47 Å². The molecule has 0 heterocycles. The Bertz CT molecular complexity index is 649. The average molecular weight is 289 g/mol. The van der Waals surface area contributed by atoms with Gasteiger partial charge in [0.15, 0.2) is 5.75 Å². The number of benzene rings is 2. The van der Waals surface area contributed by atoms with Crippen LogP contribution in [-0.4, -0.2) is 17.1 Å². The summed E-state index contributed by atoms with van der Waals surface area (Å²) >= 11 is 0. The average Bonchev–Trinajstić information content (AvgIpc) is 2.43. The van der Waals surface area contributed by atoms with E-state index in [1.807, 2.05) is 6.92 Å². The minimum absolute atomic E-state index is 0.106. The van der Waals surface area contributed by atoms with Gasteiger partial charge in [-0.1, -0.05) is 6.07 Å². The molecule has 2 rings (SSSR count). The summed E-state index contributed by atoms with van der Waals surface area (Å²) in [6.07, 6.45) is 0. The number of nitro groups is 1. The summed E-state index contributed by atoms with van der Waals surface area (Å²) in [6, 6.07) is 9.52. The molecule has 6 heteroatoms. The second-order valence-electron chi connectivity index (χ2n) is 4.56. The maximum atomic E-state index is 10.9. The predicted molar refractivity (Wildman–Crippen MR) is 76.8 cm³/mol. The van der Waals surface area contributed by atoms with Crippen molar-refractivity contribution in [2.75, 3.05) is 7.11 Å². The Hall–Kier alpha value is -2.76. The van der Waals surface area contributed by atoms with Crippen molar-refractivity contribution < 1.29 is 19.5 Å². The summed E-state index contributed by atoms with van der Waals surface area (Å²) in [5.41, 5.74) is 1.40. The monoisotopic (exact) mass is 289 g/mol. The highest BCUT2D eigenvalue weighted by Gasteiger charge is 2.15. The van der Waals surface area contributed by atoms with Gasteiger partial charge in [0.05, 0.1) is 12.0 Å². The van der Waals surface area contributed by atoms with E-state index in [1.165, 1.54) is 25.3 Å². The molecule has 0 saturated heterocycles. The standard InChI is InChI=1S/C15H15NO5/c1-10-5-12(17)8-13(6-10)21-9-11-3-4-15(20-2)14(7-11)16(18)19/h3-8,17H,9H2,1-2H3. The van der Waals surface area contributed by atoms with Crippen molar-refractivity contribution in [2.45, 2.75) is 13.5 Å². The normalized spacial score (nSPS) is 10.2. The molecule has 110 valence electrons. The predicted octanol–water partition coefficient (Wildman–Crippen LogP) is 3.20. The van der Waals surface area contributed by atoms with Gasteiger partial charge in [-0.15, -0.1) is 0 Å². The molecule has 6 nitrogen and oxygen atoms in total. The van der Waals surface area contributed by atoms with E-state index in [-0.39, 0.29) is 23.8 Å². The maximum absolute atomic E-state index is 10.9. The molecule has 0 bridgehead atoms. The highest BCUT2D eigenvalue weighted by atomic mass is 16.6. The van der Waals surface area contributed by atoms with Gasteiger partial charge in [-0.25, -0.2) is 0 Å². The molecule has 0 saturated carbocycles. The first-order valence-electron chi connectivity index (χ1n) is 6.24. The van der Waals surface area contributed by atoms with Gasteiger partial charge >= 0.3 is 5.69 Å². The molecule has 2 aromatic carbocycles. The fourth-order valence-electron chi connectivity index (χ4n) is 1.95. The molecule has 21 heavy (non-hydrogen) atoms. The summed E-state index contributed by atoms with van der Waals surface area (Å²) in [7, 11) is 1.38. The minimum atomic E-state index is -0.499. The number of aromatic hydroxyl groups is 1. The van der Waals surface area contributed by atoms with Gasteiger partial charge in [0.25, 0.3) is 0 Å². The van der Waals surface area contributed by atoms with E-state index in [2.05, 4.69) is 0 Å². The number of hydrogen-bond donors (Lipinski definition) is 1. The Kier molecular flexibility index (Phi) is 4.27. The first kappa shape index (κ1) is 14.6. The smallest absolute Gasteiger partial charge is 0.311 e. The van der Waals surface area contributed by atoms with Crippen LogP contribution in [0, 0.1) is 17.0 Å². The topological polar surface area (TPSA) is 81.8 Å². The van der Waals surface area contributed by atoms with Gasteiger partial charge in [0.1, 0.15) is 18.1 Å². The Balaban J connectivity index is 2.16. The lowest BCUT2D eigenvalue weighted by Crippen LogP contribution is -1.99. The molecule has 0 aliphatic heterocycles. The van der Waals surface area contributed by atoms with Crippen molar-refractivity contribution in [2.24, 2.45) is 0 Å². The van der Waals surface area contributed by atoms with Gasteiger partial charge in [-0.3, -0.25) is 10.1 Å². The van der Waals surface area contributed by atoms with Crippen LogP contribution in [0.2, 0.25) is 0 Å². The van der Waals surface area contributed by atoms with Crippen molar-refractivity contribution in [3.63, 3.8) is 0 Å².